The number of benzene rings is 1. The fourth-order valence-corrected chi connectivity index (χ4v) is 3.24. The van der Waals surface area contributed by atoms with E-state index in [4.69, 9.17) is 16.0 Å². The van der Waals surface area contributed by atoms with Crippen molar-refractivity contribution in [3.8, 4) is 0 Å². The topological polar surface area (TPSA) is 71.3 Å². The summed E-state index contributed by atoms with van der Waals surface area (Å²) in [4.78, 5) is 24.8. The minimum Gasteiger partial charge on any atom is -0.459 e. The van der Waals surface area contributed by atoms with E-state index in [1.165, 1.54) is 17.6 Å². The van der Waals surface area contributed by atoms with Crippen LogP contribution in [0.25, 0.3) is 0 Å². The van der Waals surface area contributed by atoms with Gasteiger partial charge in [-0.3, -0.25) is 9.59 Å². The van der Waals surface area contributed by atoms with E-state index >= 15 is 0 Å². The van der Waals surface area contributed by atoms with Crippen LogP contribution in [0.15, 0.2) is 59.2 Å². The Balaban J connectivity index is 1.63. The van der Waals surface area contributed by atoms with Crippen LogP contribution in [0, 0.1) is 0 Å². The van der Waals surface area contributed by atoms with E-state index in [-0.39, 0.29) is 23.6 Å². The van der Waals surface area contributed by atoms with Crippen LogP contribution in [-0.2, 0) is 0 Å². The van der Waals surface area contributed by atoms with Gasteiger partial charge >= 0.3 is 0 Å². The highest BCUT2D eigenvalue weighted by atomic mass is 35.5. The predicted molar refractivity (Wildman–Crippen MR) is 98.3 cm³/mol. The molecule has 1 unspecified atom stereocenters. The van der Waals surface area contributed by atoms with Gasteiger partial charge in [-0.05, 0) is 48.9 Å². The Morgan fingerprint density at radius 2 is 1.96 bits per heavy atom. The van der Waals surface area contributed by atoms with Crippen LogP contribution in [0.3, 0.4) is 0 Å². The van der Waals surface area contributed by atoms with Crippen LogP contribution < -0.4 is 10.6 Å². The second kappa shape index (κ2) is 7.55. The standard InChI is InChI=1S/C18H15ClN2O3S/c1-11(12-4-2-5-13(19)10-12)20-18(23)15-7-8-16(25-15)21-17(22)14-6-3-9-24-14/h2-11H,1H3,(H,20,23)(H,21,22). The lowest BCUT2D eigenvalue weighted by Gasteiger charge is -2.13. The van der Waals surface area contributed by atoms with E-state index in [1.54, 1.807) is 30.3 Å². The zero-order chi connectivity index (χ0) is 17.8. The molecule has 0 bridgehead atoms. The Morgan fingerprint density at radius 3 is 2.68 bits per heavy atom. The third-order valence-corrected chi connectivity index (χ3v) is 4.74. The first-order valence-electron chi connectivity index (χ1n) is 7.54. The highest BCUT2D eigenvalue weighted by Gasteiger charge is 2.15. The van der Waals surface area contributed by atoms with E-state index < -0.39 is 0 Å². The van der Waals surface area contributed by atoms with Crippen molar-refractivity contribution in [3.05, 3.63) is 76.0 Å². The monoisotopic (exact) mass is 374 g/mol. The molecule has 0 aliphatic carbocycles. The molecule has 2 amide bonds. The number of nitrogens with one attached hydrogen (secondary N) is 2. The molecule has 0 aliphatic rings. The summed E-state index contributed by atoms with van der Waals surface area (Å²) in [5.41, 5.74) is 0.920. The third kappa shape index (κ3) is 4.29. The number of thiophene rings is 1. The molecule has 0 spiro atoms. The molecule has 1 aromatic carbocycles. The van der Waals surface area contributed by atoms with Gasteiger partial charge in [-0.25, -0.2) is 0 Å². The lowest BCUT2D eigenvalue weighted by Crippen LogP contribution is -2.25. The molecular formula is C18H15ClN2O3S. The lowest BCUT2D eigenvalue weighted by molar-refractivity contribution is 0.0942. The Hall–Kier alpha value is -2.57. The Labute approximate surface area is 153 Å². The molecule has 0 fully saturated rings. The number of amides is 2. The average Bonchev–Trinajstić information content (AvgIpc) is 3.26. The van der Waals surface area contributed by atoms with Gasteiger partial charge in [0.2, 0.25) is 0 Å². The first-order valence-corrected chi connectivity index (χ1v) is 8.73. The number of carbonyl (C=O) groups is 2. The van der Waals surface area contributed by atoms with Crippen LogP contribution in [0.5, 0.6) is 0 Å². The summed E-state index contributed by atoms with van der Waals surface area (Å²) in [5.74, 6) is -0.351. The van der Waals surface area contributed by atoms with Gasteiger partial charge in [-0.15, -0.1) is 11.3 Å². The number of anilines is 1. The van der Waals surface area contributed by atoms with Crippen LogP contribution in [0.1, 0.15) is 38.8 Å². The number of hydrogen-bond acceptors (Lipinski definition) is 4. The molecule has 0 saturated heterocycles. The van der Waals surface area contributed by atoms with Crippen molar-refractivity contribution in [2.45, 2.75) is 13.0 Å². The summed E-state index contributed by atoms with van der Waals surface area (Å²) in [6.07, 6.45) is 1.43. The highest BCUT2D eigenvalue weighted by molar-refractivity contribution is 7.18. The smallest absolute Gasteiger partial charge is 0.291 e. The number of furan rings is 1. The molecule has 3 rings (SSSR count). The Bertz CT molecular complexity index is 889. The Kier molecular flexibility index (Phi) is 5.21. The molecule has 2 aromatic heterocycles. The first kappa shape index (κ1) is 17.3. The van der Waals surface area contributed by atoms with Gasteiger partial charge in [0.1, 0.15) is 0 Å². The fraction of sp³-hybridized carbons (Fsp3) is 0.111. The van der Waals surface area contributed by atoms with Crippen LogP contribution >= 0.6 is 22.9 Å². The quantitative estimate of drug-likeness (QED) is 0.677. The minimum absolute atomic E-state index is 0.186. The maximum atomic E-state index is 12.4. The number of hydrogen-bond donors (Lipinski definition) is 2. The van der Waals surface area contributed by atoms with E-state index in [9.17, 15) is 9.59 Å². The van der Waals surface area contributed by atoms with E-state index in [1.807, 2.05) is 25.1 Å². The minimum atomic E-state index is -0.355. The molecule has 2 N–H and O–H groups in total. The van der Waals surface area contributed by atoms with E-state index in [2.05, 4.69) is 10.6 Å². The van der Waals surface area contributed by atoms with Crippen molar-refractivity contribution < 1.29 is 14.0 Å². The van der Waals surface area contributed by atoms with Crippen LogP contribution in [0.2, 0.25) is 5.02 Å². The summed E-state index contributed by atoms with van der Waals surface area (Å²) in [6, 6.07) is 13.7. The number of halogens is 1. The van der Waals surface area contributed by atoms with Gasteiger partial charge < -0.3 is 15.1 Å². The zero-order valence-corrected chi connectivity index (χ0v) is 14.9. The van der Waals surface area contributed by atoms with Crippen molar-refractivity contribution >= 4 is 39.8 Å². The molecule has 128 valence electrons. The van der Waals surface area contributed by atoms with E-state index in [0.29, 0.717) is 14.9 Å². The second-order valence-corrected chi connectivity index (χ2v) is 6.87. The average molecular weight is 375 g/mol. The molecule has 3 aromatic rings. The maximum absolute atomic E-state index is 12.4. The van der Waals surface area contributed by atoms with Crippen LogP contribution in [0.4, 0.5) is 5.00 Å². The molecular weight excluding hydrogens is 360 g/mol. The predicted octanol–water partition coefficient (Wildman–Crippen LogP) is 4.74. The van der Waals surface area contributed by atoms with Gasteiger partial charge in [0.05, 0.1) is 22.2 Å². The van der Waals surface area contributed by atoms with Crippen molar-refractivity contribution in [1.82, 2.24) is 5.32 Å². The molecule has 1 atom stereocenters. The summed E-state index contributed by atoms with van der Waals surface area (Å²) >= 11 is 7.17. The third-order valence-electron chi connectivity index (χ3n) is 3.51. The SMILES string of the molecule is CC(NC(=O)c1ccc(NC(=O)c2ccco2)s1)c1cccc(Cl)c1. The summed E-state index contributed by atoms with van der Waals surface area (Å²) < 4.78 is 5.04. The molecule has 7 heteroatoms. The van der Waals surface area contributed by atoms with Gasteiger partial charge in [0.15, 0.2) is 5.76 Å². The highest BCUT2D eigenvalue weighted by Crippen LogP contribution is 2.24. The van der Waals surface area contributed by atoms with Gasteiger partial charge in [-0.2, -0.15) is 0 Å². The first-order chi connectivity index (χ1) is 12.0. The van der Waals surface area contributed by atoms with Crippen molar-refractivity contribution in [2.24, 2.45) is 0 Å². The van der Waals surface area contributed by atoms with Crippen molar-refractivity contribution in [1.29, 1.82) is 0 Å². The largest absolute Gasteiger partial charge is 0.459 e. The summed E-state index contributed by atoms with van der Waals surface area (Å²) in [7, 11) is 0. The number of rotatable bonds is 5. The van der Waals surface area contributed by atoms with Gasteiger partial charge in [-0.1, -0.05) is 23.7 Å². The fourth-order valence-electron chi connectivity index (χ4n) is 2.24. The second-order valence-electron chi connectivity index (χ2n) is 5.35. The normalized spacial score (nSPS) is 11.8. The molecule has 25 heavy (non-hydrogen) atoms. The van der Waals surface area contributed by atoms with Gasteiger partial charge in [0, 0.05) is 5.02 Å². The van der Waals surface area contributed by atoms with Crippen molar-refractivity contribution in [3.63, 3.8) is 0 Å². The Morgan fingerprint density at radius 1 is 1.12 bits per heavy atom. The zero-order valence-electron chi connectivity index (χ0n) is 13.3. The summed E-state index contributed by atoms with van der Waals surface area (Å²) in [5, 5.41) is 6.81. The molecule has 0 saturated carbocycles. The molecule has 0 radical (unpaired) electrons. The van der Waals surface area contributed by atoms with Gasteiger partial charge in [0.25, 0.3) is 11.8 Å². The van der Waals surface area contributed by atoms with E-state index in [0.717, 1.165) is 5.56 Å². The lowest BCUT2D eigenvalue weighted by atomic mass is 10.1. The molecule has 5 nitrogen and oxygen atoms in total. The maximum Gasteiger partial charge on any atom is 0.291 e. The number of carbonyl (C=O) groups excluding carboxylic acids is 2. The molecule has 2 heterocycles. The molecule has 0 aliphatic heterocycles. The summed E-state index contributed by atoms with van der Waals surface area (Å²) in [6.45, 7) is 1.89. The van der Waals surface area contributed by atoms with Crippen molar-refractivity contribution in [2.75, 3.05) is 5.32 Å². The van der Waals surface area contributed by atoms with Crippen LogP contribution in [-0.4, -0.2) is 11.8 Å².